The van der Waals surface area contributed by atoms with Crippen LogP contribution in [0.3, 0.4) is 0 Å². The molecular weight excluding hydrogens is 262 g/mol. The smallest absolute Gasteiger partial charge is 0.315 e. The summed E-state index contributed by atoms with van der Waals surface area (Å²) >= 11 is 0. The van der Waals surface area contributed by atoms with E-state index in [1.165, 1.54) is 25.7 Å². The van der Waals surface area contributed by atoms with E-state index >= 15 is 0 Å². The Kier molecular flexibility index (Phi) is 5.40. The topological polar surface area (TPSA) is 40.5 Å². The fraction of sp³-hybridized carbons (Fsp3) is 0.611. The molecular formula is C18H27NO2. The van der Waals surface area contributed by atoms with Gasteiger partial charge in [0.2, 0.25) is 0 Å². The van der Waals surface area contributed by atoms with Crippen LogP contribution >= 0.6 is 0 Å². The van der Waals surface area contributed by atoms with Gasteiger partial charge in [0, 0.05) is 6.54 Å². The van der Waals surface area contributed by atoms with Crippen LogP contribution in [0.15, 0.2) is 30.3 Å². The van der Waals surface area contributed by atoms with Crippen molar-refractivity contribution in [2.24, 2.45) is 5.92 Å². The molecule has 1 aliphatic rings. The molecule has 2 atom stereocenters. The number of carboxylic acids is 1. The molecule has 1 N–H and O–H groups in total. The molecule has 0 aromatic heterocycles. The Morgan fingerprint density at radius 1 is 1.29 bits per heavy atom. The fourth-order valence-electron chi connectivity index (χ4n) is 3.33. The molecule has 0 spiro atoms. The van der Waals surface area contributed by atoms with Gasteiger partial charge >= 0.3 is 5.97 Å². The van der Waals surface area contributed by atoms with Crippen LogP contribution in [0, 0.1) is 5.92 Å². The summed E-state index contributed by atoms with van der Waals surface area (Å²) in [5, 5.41) is 9.76. The van der Waals surface area contributed by atoms with E-state index in [-0.39, 0.29) is 0 Å². The highest BCUT2D eigenvalue weighted by molar-refractivity contribution is 5.81. The third kappa shape index (κ3) is 3.85. The molecule has 1 aromatic rings. The molecule has 0 aliphatic carbocycles. The molecule has 1 fully saturated rings. The molecule has 2 rings (SSSR count). The van der Waals surface area contributed by atoms with Crippen LogP contribution in [-0.2, 0) is 10.2 Å². The number of hydrogen-bond acceptors (Lipinski definition) is 2. The van der Waals surface area contributed by atoms with Gasteiger partial charge in [-0.3, -0.25) is 4.79 Å². The van der Waals surface area contributed by atoms with Gasteiger partial charge in [0.15, 0.2) is 0 Å². The van der Waals surface area contributed by atoms with E-state index in [4.69, 9.17) is 0 Å². The van der Waals surface area contributed by atoms with Gasteiger partial charge in [0.1, 0.15) is 5.41 Å². The summed E-state index contributed by atoms with van der Waals surface area (Å²) in [4.78, 5) is 14.2. The van der Waals surface area contributed by atoms with Crippen LogP contribution in [0.4, 0.5) is 0 Å². The number of rotatable bonds is 5. The van der Waals surface area contributed by atoms with Crippen molar-refractivity contribution < 1.29 is 9.90 Å². The Bertz CT molecular complexity index is 460. The lowest BCUT2D eigenvalue weighted by atomic mass is 9.82. The lowest BCUT2D eigenvalue weighted by Gasteiger charge is -2.32. The molecule has 1 aliphatic heterocycles. The molecule has 0 saturated carbocycles. The second kappa shape index (κ2) is 7.08. The van der Waals surface area contributed by atoms with Gasteiger partial charge in [-0.05, 0) is 50.8 Å². The fourth-order valence-corrected chi connectivity index (χ4v) is 3.33. The molecule has 1 aromatic carbocycles. The third-order valence-corrected chi connectivity index (χ3v) is 4.94. The Morgan fingerprint density at radius 3 is 2.62 bits per heavy atom. The molecule has 0 amide bonds. The van der Waals surface area contributed by atoms with Crippen LogP contribution < -0.4 is 0 Å². The van der Waals surface area contributed by atoms with Gasteiger partial charge < -0.3 is 10.0 Å². The molecule has 2 unspecified atom stereocenters. The largest absolute Gasteiger partial charge is 0.481 e. The lowest BCUT2D eigenvalue weighted by molar-refractivity contribution is -0.144. The van der Waals surface area contributed by atoms with Crippen LogP contribution in [0.1, 0.15) is 45.1 Å². The second-order valence-corrected chi connectivity index (χ2v) is 6.48. The van der Waals surface area contributed by atoms with E-state index in [1.54, 1.807) is 0 Å². The predicted octanol–water partition coefficient (Wildman–Crippen LogP) is 3.54. The quantitative estimate of drug-likeness (QED) is 0.901. The van der Waals surface area contributed by atoms with Crippen molar-refractivity contribution in [2.45, 2.75) is 44.9 Å². The molecule has 1 saturated heterocycles. The minimum absolute atomic E-state index is 0.600. The van der Waals surface area contributed by atoms with Crippen LogP contribution in [-0.4, -0.2) is 35.6 Å². The van der Waals surface area contributed by atoms with Gasteiger partial charge in [-0.1, -0.05) is 43.7 Å². The molecule has 3 heteroatoms. The minimum atomic E-state index is -0.826. The van der Waals surface area contributed by atoms with Gasteiger partial charge in [-0.2, -0.15) is 0 Å². The first-order valence-corrected chi connectivity index (χ1v) is 8.07. The van der Waals surface area contributed by atoms with Crippen LogP contribution in [0.5, 0.6) is 0 Å². The number of carbonyl (C=O) groups is 1. The van der Waals surface area contributed by atoms with Crippen molar-refractivity contribution in [2.75, 3.05) is 19.6 Å². The highest BCUT2D eigenvalue weighted by atomic mass is 16.4. The van der Waals surface area contributed by atoms with Crippen LogP contribution in [0.2, 0.25) is 0 Å². The highest BCUT2D eigenvalue weighted by Gasteiger charge is 2.37. The highest BCUT2D eigenvalue weighted by Crippen LogP contribution is 2.28. The number of aliphatic carboxylic acids is 1. The summed E-state index contributed by atoms with van der Waals surface area (Å²) in [7, 11) is 0. The molecule has 1 heterocycles. The lowest BCUT2D eigenvalue weighted by Crippen LogP contribution is -2.45. The first-order valence-electron chi connectivity index (χ1n) is 8.07. The van der Waals surface area contributed by atoms with Crippen molar-refractivity contribution in [1.29, 1.82) is 0 Å². The van der Waals surface area contributed by atoms with Gasteiger partial charge in [0.25, 0.3) is 0 Å². The van der Waals surface area contributed by atoms with Crippen molar-refractivity contribution >= 4 is 5.97 Å². The normalized spacial score (nSPS) is 23.2. The predicted molar refractivity (Wildman–Crippen MR) is 85.5 cm³/mol. The number of nitrogens with zero attached hydrogens (tertiary/aromatic N) is 1. The summed E-state index contributed by atoms with van der Waals surface area (Å²) in [5.41, 5.74) is 0.0709. The van der Waals surface area contributed by atoms with E-state index in [0.29, 0.717) is 6.54 Å². The van der Waals surface area contributed by atoms with Crippen molar-refractivity contribution in [3.05, 3.63) is 35.9 Å². The van der Waals surface area contributed by atoms with Crippen LogP contribution in [0.25, 0.3) is 0 Å². The maximum atomic E-state index is 11.9. The van der Waals surface area contributed by atoms with Gasteiger partial charge in [-0.25, -0.2) is 0 Å². The van der Waals surface area contributed by atoms with Gasteiger partial charge in [0.05, 0.1) is 0 Å². The second-order valence-electron chi connectivity index (χ2n) is 6.48. The van der Waals surface area contributed by atoms with E-state index in [2.05, 4.69) is 11.8 Å². The summed E-state index contributed by atoms with van der Waals surface area (Å²) < 4.78 is 0. The van der Waals surface area contributed by atoms with Crippen molar-refractivity contribution in [3.8, 4) is 0 Å². The zero-order valence-electron chi connectivity index (χ0n) is 13.2. The summed E-state index contributed by atoms with van der Waals surface area (Å²) in [6.07, 6.45) is 4.90. The molecule has 116 valence electrons. The average Bonchev–Trinajstić information content (AvgIpc) is 2.73. The summed E-state index contributed by atoms with van der Waals surface area (Å²) in [5.74, 6) is 0.0767. The maximum absolute atomic E-state index is 11.9. The maximum Gasteiger partial charge on any atom is 0.315 e. The van der Waals surface area contributed by atoms with E-state index in [1.807, 2.05) is 37.3 Å². The molecule has 0 bridgehead atoms. The van der Waals surface area contributed by atoms with Crippen molar-refractivity contribution in [3.63, 3.8) is 0 Å². The summed E-state index contributed by atoms with van der Waals surface area (Å²) in [6.45, 7) is 6.75. The van der Waals surface area contributed by atoms with Gasteiger partial charge in [-0.15, -0.1) is 0 Å². The number of hydrogen-bond donors (Lipinski definition) is 1. The van der Waals surface area contributed by atoms with Crippen molar-refractivity contribution in [1.82, 2.24) is 4.90 Å². The molecule has 21 heavy (non-hydrogen) atoms. The Balaban J connectivity index is 2.12. The monoisotopic (exact) mass is 289 g/mol. The molecule has 3 nitrogen and oxygen atoms in total. The summed E-state index contributed by atoms with van der Waals surface area (Å²) in [6, 6.07) is 9.64. The van der Waals surface area contributed by atoms with E-state index < -0.39 is 11.4 Å². The Morgan fingerprint density at radius 2 is 2.00 bits per heavy atom. The standard InChI is InChI=1S/C18H27NO2/c1-3-15-8-7-12-19(13-11-15)14-18(2,17(20)21)16-9-5-4-6-10-16/h4-6,9-10,15H,3,7-8,11-14H2,1-2H3,(H,20,21). The number of likely N-dealkylation sites (tertiary alicyclic amines) is 1. The average molecular weight is 289 g/mol. The third-order valence-electron chi connectivity index (χ3n) is 4.94. The van der Waals surface area contributed by atoms with E-state index in [0.717, 1.165) is 24.6 Å². The molecule has 0 radical (unpaired) electrons. The number of carboxylic acid groups (broad SMARTS) is 1. The Labute approximate surface area is 128 Å². The zero-order valence-corrected chi connectivity index (χ0v) is 13.2. The zero-order chi connectivity index (χ0) is 15.3. The first-order chi connectivity index (χ1) is 10.1. The minimum Gasteiger partial charge on any atom is -0.481 e. The Hall–Kier alpha value is -1.35. The number of benzene rings is 1. The van der Waals surface area contributed by atoms with E-state index in [9.17, 15) is 9.90 Å². The first kappa shape index (κ1) is 16.0. The SMILES string of the molecule is CCC1CCCN(CC(C)(C(=O)O)c2ccccc2)CC1.